The third-order valence-electron chi connectivity index (χ3n) is 2.68. The molecule has 0 aromatic carbocycles. The van der Waals surface area contributed by atoms with E-state index in [1.807, 2.05) is 32.0 Å². The van der Waals surface area contributed by atoms with Gasteiger partial charge < -0.3 is 10.3 Å². The minimum absolute atomic E-state index is 0.0548. The summed E-state index contributed by atoms with van der Waals surface area (Å²) in [5.41, 5.74) is 8.25. The fraction of sp³-hybridized carbons (Fsp3) is 0.455. The van der Waals surface area contributed by atoms with Crippen molar-refractivity contribution in [2.75, 3.05) is 0 Å². The minimum atomic E-state index is 0.0548. The van der Waals surface area contributed by atoms with Crippen molar-refractivity contribution in [2.24, 2.45) is 12.8 Å². The Kier molecular flexibility index (Phi) is 3.05. The zero-order valence-corrected chi connectivity index (χ0v) is 9.67. The molecule has 16 heavy (non-hydrogen) atoms. The number of aryl methyl sites for hydroxylation is 1. The van der Waals surface area contributed by atoms with E-state index in [-0.39, 0.29) is 6.04 Å². The third-order valence-corrected chi connectivity index (χ3v) is 2.68. The number of nitrogens with two attached hydrogens (primary N) is 1. The molecule has 2 N–H and O–H groups in total. The lowest BCUT2D eigenvalue weighted by molar-refractivity contribution is 0.618. The predicted octanol–water partition coefficient (Wildman–Crippen LogP) is 1.07. The Morgan fingerprint density at radius 3 is 2.88 bits per heavy atom. The fourth-order valence-corrected chi connectivity index (χ4v) is 1.73. The number of imidazole rings is 1. The van der Waals surface area contributed by atoms with Crippen molar-refractivity contribution < 1.29 is 0 Å². The summed E-state index contributed by atoms with van der Waals surface area (Å²) in [5, 5.41) is 4.14. The van der Waals surface area contributed by atoms with Crippen LogP contribution in [0.1, 0.15) is 30.6 Å². The van der Waals surface area contributed by atoms with Gasteiger partial charge in [0.05, 0.1) is 24.8 Å². The zero-order valence-electron chi connectivity index (χ0n) is 9.67. The van der Waals surface area contributed by atoms with Crippen LogP contribution in [-0.2, 0) is 13.6 Å². The van der Waals surface area contributed by atoms with Crippen LogP contribution in [0.25, 0.3) is 0 Å². The maximum Gasteiger partial charge on any atom is 0.0951 e. The molecule has 5 heteroatoms. The Bertz CT molecular complexity index is 456. The van der Waals surface area contributed by atoms with Gasteiger partial charge in [0.15, 0.2) is 0 Å². The molecule has 2 rings (SSSR count). The van der Waals surface area contributed by atoms with Gasteiger partial charge in [-0.25, -0.2) is 4.98 Å². The first-order valence-electron chi connectivity index (χ1n) is 5.43. The average Bonchev–Trinajstić information content (AvgIpc) is 2.87. The Morgan fingerprint density at radius 2 is 2.25 bits per heavy atom. The Morgan fingerprint density at radius 1 is 1.44 bits per heavy atom. The highest BCUT2D eigenvalue weighted by atomic mass is 15.2. The Labute approximate surface area is 94.9 Å². The summed E-state index contributed by atoms with van der Waals surface area (Å²) in [5.74, 6) is 0. The van der Waals surface area contributed by atoms with Crippen LogP contribution in [-0.4, -0.2) is 19.3 Å². The smallest absolute Gasteiger partial charge is 0.0951 e. The second-order valence-corrected chi connectivity index (χ2v) is 3.98. The molecule has 86 valence electrons. The van der Waals surface area contributed by atoms with E-state index in [1.54, 1.807) is 4.68 Å². The first kappa shape index (κ1) is 10.9. The highest BCUT2D eigenvalue weighted by Crippen LogP contribution is 2.14. The van der Waals surface area contributed by atoms with Crippen LogP contribution in [0.15, 0.2) is 24.9 Å². The van der Waals surface area contributed by atoms with E-state index in [2.05, 4.69) is 21.6 Å². The fourth-order valence-electron chi connectivity index (χ4n) is 1.73. The second kappa shape index (κ2) is 4.49. The van der Waals surface area contributed by atoms with Crippen LogP contribution >= 0.6 is 0 Å². The third kappa shape index (κ3) is 2.14. The molecule has 2 aromatic rings. The molecule has 0 unspecified atom stereocenters. The topological polar surface area (TPSA) is 61.7 Å². The lowest BCUT2D eigenvalue weighted by Gasteiger charge is -2.11. The molecule has 0 bridgehead atoms. The van der Waals surface area contributed by atoms with Gasteiger partial charge >= 0.3 is 0 Å². The molecule has 0 saturated heterocycles. The van der Waals surface area contributed by atoms with E-state index in [0.717, 1.165) is 24.2 Å². The van der Waals surface area contributed by atoms with Crippen molar-refractivity contribution in [1.82, 2.24) is 19.3 Å². The van der Waals surface area contributed by atoms with Crippen LogP contribution in [0.3, 0.4) is 0 Å². The van der Waals surface area contributed by atoms with Gasteiger partial charge in [0, 0.05) is 31.0 Å². The van der Waals surface area contributed by atoms with E-state index < -0.39 is 0 Å². The van der Waals surface area contributed by atoms with Gasteiger partial charge in [-0.05, 0) is 6.42 Å². The highest BCUT2D eigenvalue weighted by molar-refractivity contribution is 5.10. The zero-order chi connectivity index (χ0) is 11.5. The van der Waals surface area contributed by atoms with E-state index in [0.29, 0.717) is 0 Å². The van der Waals surface area contributed by atoms with Crippen LogP contribution in [0.2, 0.25) is 0 Å². The average molecular weight is 219 g/mol. The van der Waals surface area contributed by atoms with E-state index >= 15 is 0 Å². The summed E-state index contributed by atoms with van der Waals surface area (Å²) < 4.78 is 3.87. The monoisotopic (exact) mass is 219 g/mol. The molecule has 0 saturated carbocycles. The van der Waals surface area contributed by atoms with Gasteiger partial charge in [0.1, 0.15) is 0 Å². The largest absolute Gasteiger partial charge is 0.329 e. The molecule has 0 fully saturated rings. The molecule has 0 aliphatic rings. The first-order valence-corrected chi connectivity index (χ1v) is 5.43. The summed E-state index contributed by atoms with van der Waals surface area (Å²) >= 11 is 0. The van der Waals surface area contributed by atoms with Crippen molar-refractivity contribution in [2.45, 2.75) is 25.9 Å². The summed E-state index contributed by atoms with van der Waals surface area (Å²) in [4.78, 5) is 4.15. The van der Waals surface area contributed by atoms with Gasteiger partial charge in [-0.15, -0.1) is 0 Å². The van der Waals surface area contributed by atoms with Gasteiger partial charge in [0.2, 0.25) is 0 Å². The molecule has 2 aromatic heterocycles. The molecule has 1 atom stereocenters. The molecule has 0 radical (unpaired) electrons. The SMILES string of the molecule is CC[C@@H](N)c1cncn1Cc1cnn(C)c1. The summed E-state index contributed by atoms with van der Waals surface area (Å²) in [7, 11) is 1.91. The van der Waals surface area contributed by atoms with Crippen molar-refractivity contribution >= 4 is 0 Å². The normalized spacial score (nSPS) is 12.9. The second-order valence-electron chi connectivity index (χ2n) is 3.98. The van der Waals surface area contributed by atoms with Gasteiger partial charge in [-0.1, -0.05) is 6.92 Å². The van der Waals surface area contributed by atoms with Crippen molar-refractivity contribution in [1.29, 1.82) is 0 Å². The van der Waals surface area contributed by atoms with Gasteiger partial charge in [-0.2, -0.15) is 5.10 Å². The molecule has 0 aliphatic carbocycles. The van der Waals surface area contributed by atoms with Crippen molar-refractivity contribution in [3.63, 3.8) is 0 Å². The lowest BCUT2D eigenvalue weighted by Crippen LogP contribution is -2.14. The number of hydrogen-bond donors (Lipinski definition) is 1. The minimum Gasteiger partial charge on any atom is -0.329 e. The van der Waals surface area contributed by atoms with Crippen molar-refractivity contribution in [3.05, 3.63) is 36.2 Å². The number of aromatic nitrogens is 4. The summed E-state index contributed by atoms with van der Waals surface area (Å²) in [6.45, 7) is 2.85. The standard InChI is InChI=1S/C11H17N5/c1-3-10(12)11-5-13-8-16(11)7-9-4-14-15(2)6-9/h4-6,8,10H,3,7,12H2,1-2H3/t10-/m1/s1. The molecule has 0 aliphatic heterocycles. The van der Waals surface area contributed by atoms with Crippen LogP contribution in [0, 0.1) is 0 Å². The molecular formula is C11H17N5. The van der Waals surface area contributed by atoms with E-state index in [9.17, 15) is 0 Å². The van der Waals surface area contributed by atoms with Crippen LogP contribution in [0.5, 0.6) is 0 Å². The van der Waals surface area contributed by atoms with Gasteiger partial charge in [0.25, 0.3) is 0 Å². The lowest BCUT2D eigenvalue weighted by atomic mass is 10.2. The Hall–Kier alpha value is -1.62. The quantitative estimate of drug-likeness (QED) is 0.836. The highest BCUT2D eigenvalue weighted by Gasteiger charge is 2.10. The first-order chi connectivity index (χ1) is 7.70. The Balaban J connectivity index is 2.18. The molecule has 5 nitrogen and oxygen atoms in total. The van der Waals surface area contributed by atoms with Gasteiger partial charge in [-0.3, -0.25) is 4.68 Å². The number of rotatable bonds is 4. The maximum atomic E-state index is 6.02. The van der Waals surface area contributed by atoms with E-state index in [1.165, 1.54) is 0 Å². The predicted molar refractivity (Wildman–Crippen MR) is 61.8 cm³/mol. The summed E-state index contributed by atoms with van der Waals surface area (Å²) in [6.07, 6.45) is 8.43. The van der Waals surface area contributed by atoms with E-state index in [4.69, 9.17) is 5.73 Å². The van der Waals surface area contributed by atoms with Crippen molar-refractivity contribution in [3.8, 4) is 0 Å². The van der Waals surface area contributed by atoms with Crippen LogP contribution in [0.4, 0.5) is 0 Å². The number of hydrogen-bond acceptors (Lipinski definition) is 3. The summed E-state index contributed by atoms with van der Waals surface area (Å²) in [6, 6.07) is 0.0548. The molecule has 0 amide bonds. The molecule has 2 heterocycles. The number of nitrogens with zero attached hydrogens (tertiary/aromatic N) is 4. The molecular weight excluding hydrogens is 202 g/mol. The molecule has 0 spiro atoms. The maximum absolute atomic E-state index is 6.02. The van der Waals surface area contributed by atoms with Crippen LogP contribution < -0.4 is 5.73 Å².